The lowest BCUT2D eigenvalue weighted by atomic mass is 10.4. The van der Waals surface area contributed by atoms with Gasteiger partial charge in [0, 0.05) is 26.2 Å². The van der Waals surface area contributed by atoms with Gasteiger partial charge in [0.15, 0.2) is 0 Å². The summed E-state index contributed by atoms with van der Waals surface area (Å²) in [6.07, 6.45) is 0. The summed E-state index contributed by atoms with van der Waals surface area (Å²) < 4.78 is 0. The minimum absolute atomic E-state index is 0.507. The lowest BCUT2D eigenvalue weighted by Crippen LogP contribution is -2.33. The molecule has 5 nitrogen and oxygen atoms in total. The van der Waals surface area contributed by atoms with Crippen LogP contribution in [0.3, 0.4) is 0 Å². The fourth-order valence-corrected chi connectivity index (χ4v) is 1.23. The van der Waals surface area contributed by atoms with E-state index in [1.807, 2.05) is 25.8 Å². The van der Waals surface area contributed by atoms with Gasteiger partial charge in [-0.1, -0.05) is 13.8 Å². The van der Waals surface area contributed by atoms with Gasteiger partial charge >= 0.3 is 0 Å². The molecule has 0 atom stereocenters. The summed E-state index contributed by atoms with van der Waals surface area (Å²) in [5.74, 6) is 0.689. The molecule has 0 fully saturated rings. The van der Waals surface area contributed by atoms with Crippen molar-refractivity contribution < 1.29 is 0 Å². The number of nitrogens with zero attached hydrogens (tertiary/aromatic N) is 4. The van der Waals surface area contributed by atoms with Crippen molar-refractivity contribution >= 4 is 5.95 Å². The Morgan fingerprint density at radius 2 is 1.88 bits per heavy atom. The maximum Gasteiger partial charge on any atom is 0.245 e. The van der Waals surface area contributed by atoms with Gasteiger partial charge in [0.25, 0.3) is 0 Å². The van der Waals surface area contributed by atoms with E-state index in [0.29, 0.717) is 12.0 Å². The molecule has 0 bridgehead atoms. The van der Waals surface area contributed by atoms with Crippen LogP contribution in [0.2, 0.25) is 0 Å². The van der Waals surface area contributed by atoms with Crippen LogP contribution < -0.4 is 10.2 Å². The second-order valence-corrected chi connectivity index (χ2v) is 4.31. The van der Waals surface area contributed by atoms with Gasteiger partial charge in [0.1, 0.15) is 0 Å². The predicted octanol–water partition coefficient (Wildman–Crippen LogP) is 0.923. The first-order chi connectivity index (χ1) is 7.50. The van der Waals surface area contributed by atoms with Crippen LogP contribution in [-0.4, -0.2) is 41.4 Å². The molecule has 1 aromatic rings. The number of hydrogen-bond donors (Lipinski definition) is 1. The smallest absolute Gasteiger partial charge is 0.245 e. The minimum Gasteiger partial charge on any atom is -0.341 e. The summed E-state index contributed by atoms with van der Waals surface area (Å²) in [5, 5.41) is 11.5. The van der Waals surface area contributed by atoms with Gasteiger partial charge in [-0.05, 0) is 13.8 Å². The molecule has 1 rings (SSSR count). The summed E-state index contributed by atoms with van der Waals surface area (Å²) in [7, 11) is 1.98. The average Bonchev–Trinajstić information content (AvgIpc) is 2.21. The number of aromatic nitrogens is 3. The van der Waals surface area contributed by atoms with E-state index in [-0.39, 0.29) is 0 Å². The first-order valence-electron chi connectivity index (χ1n) is 5.63. The molecule has 0 aliphatic rings. The Kier molecular flexibility index (Phi) is 4.61. The molecule has 0 aliphatic carbocycles. The maximum absolute atomic E-state index is 4.39. The van der Waals surface area contributed by atoms with Gasteiger partial charge in [0.05, 0.1) is 11.4 Å². The van der Waals surface area contributed by atoms with Crippen LogP contribution >= 0.6 is 0 Å². The quantitative estimate of drug-likeness (QED) is 0.804. The van der Waals surface area contributed by atoms with Gasteiger partial charge < -0.3 is 10.2 Å². The second kappa shape index (κ2) is 5.75. The predicted molar refractivity (Wildman–Crippen MR) is 65.7 cm³/mol. The molecule has 1 aromatic heterocycles. The molecule has 0 spiro atoms. The summed E-state index contributed by atoms with van der Waals surface area (Å²) in [6.45, 7) is 9.93. The van der Waals surface area contributed by atoms with E-state index in [1.165, 1.54) is 0 Å². The molecule has 0 radical (unpaired) electrons. The summed E-state index contributed by atoms with van der Waals surface area (Å²) in [5.41, 5.74) is 1.83. The van der Waals surface area contributed by atoms with E-state index in [0.717, 1.165) is 24.5 Å². The van der Waals surface area contributed by atoms with E-state index < -0.39 is 0 Å². The van der Waals surface area contributed by atoms with E-state index in [1.54, 1.807) is 0 Å². The number of nitrogens with one attached hydrogen (secondary N) is 1. The Hall–Kier alpha value is -1.23. The van der Waals surface area contributed by atoms with Gasteiger partial charge in [-0.2, -0.15) is 5.10 Å². The first-order valence-corrected chi connectivity index (χ1v) is 5.63. The largest absolute Gasteiger partial charge is 0.341 e. The molecule has 0 aliphatic heterocycles. The van der Waals surface area contributed by atoms with E-state index in [9.17, 15) is 0 Å². The Bertz CT molecular complexity index is 337. The summed E-state index contributed by atoms with van der Waals surface area (Å²) >= 11 is 0. The van der Waals surface area contributed by atoms with Crippen LogP contribution in [-0.2, 0) is 0 Å². The molecule has 5 heteroatoms. The van der Waals surface area contributed by atoms with Crippen molar-refractivity contribution in [1.29, 1.82) is 0 Å². The summed E-state index contributed by atoms with van der Waals surface area (Å²) in [4.78, 5) is 6.40. The number of hydrogen-bond acceptors (Lipinski definition) is 5. The fourth-order valence-electron chi connectivity index (χ4n) is 1.23. The number of anilines is 1. The monoisotopic (exact) mass is 223 g/mol. The standard InChI is InChI=1S/C11H21N5/c1-8(2)12-6-7-16(5)11-13-9(3)10(4)14-15-11/h8,12H,6-7H2,1-5H3. The van der Waals surface area contributed by atoms with Crippen LogP contribution in [0.5, 0.6) is 0 Å². The molecule has 16 heavy (non-hydrogen) atoms. The van der Waals surface area contributed by atoms with Crippen molar-refractivity contribution in [3.63, 3.8) is 0 Å². The van der Waals surface area contributed by atoms with Crippen molar-refractivity contribution in [3.8, 4) is 0 Å². The topological polar surface area (TPSA) is 53.9 Å². The molecular weight excluding hydrogens is 202 g/mol. The second-order valence-electron chi connectivity index (χ2n) is 4.31. The fraction of sp³-hybridized carbons (Fsp3) is 0.727. The number of rotatable bonds is 5. The Labute approximate surface area is 97.3 Å². The Balaban J connectivity index is 2.52. The van der Waals surface area contributed by atoms with Crippen molar-refractivity contribution in [2.75, 3.05) is 25.0 Å². The third-order valence-electron chi connectivity index (χ3n) is 2.42. The van der Waals surface area contributed by atoms with Crippen LogP contribution in [0.15, 0.2) is 0 Å². The molecular formula is C11H21N5. The van der Waals surface area contributed by atoms with Crippen molar-refractivity contribution in [1.82, 2.24) is 20.5 Å². The third kappa shape index (κ3) is 3.73. The molecule has 0 saturated carbocycles. The van der Waals surface area contributed by atoms with Crippen LogP contribution in [0.25, 0.3) is 0 Å². The van der Waals surface area contributed by atoms with Crippen LogP contribution in [0, 0.1) is 13.8 Å². The third-order valence-corrected chi connectivity index (χ3v) is 2.42. The van der Waals surface area contributed by atoms with Crippen molar-refractivity contribution in [2.45, 2.75) is 33.7 Å². The van der Waals surface area contributed by atoms with E-state index in [4.69, 9.17) is 0 Å². The highest BCUT2D eigenvalue weighted by atomic mass is 15.3. The average molecular weight is 223 g/mol. The highest BCUT2D eigenvalue weighted by Gasteiger charge is 2.06. The normalized spacial score (nSPS) is 10.9. The lowest BCUT2D eigenvalue weighted by Gasteiger charge is -2.18. The highest BCUT2D eigenvalue weighted by molar-refractivity contribution is 5.28. The first kappa shape index (κ1) is 12.8. The van der Waals surface area contributed by atoms with Crippen molar-refractivity contribution in [3.05, 3.63) is 11.4 Å². The Morgan fingerprint density at radius 1 is 1.19 bits per heavy atom. The van der Waals surface area contributed by atoms with Gasteiger partial charge in [-0.25, -0.2) is 4.98 Å². The molecule has 0 unspecified atom stereocenters. The SMILES string of the molecule is Cc1nnc(N(C)CCNC(C)C)nc1C. The zero-order valence-corrected chi connectivity index (χ0v) is 10.8. The van der Waals surface area contributed by atoms with Crippen LogP contribution in [0.1, 0.15) is 25.2 Å². The van der Waals surface area contributed by atoms with Gasteiger partial charge in [-0.3, -0.25) is 0 Å². The number of aryl methyl sites for hydroxylation is 2. The zero-order chi connectivity index (χ0) is 12.1. The summed E-state index contributed by atoms with van der Waals surface area (Å²) in [6, 6.07) is 0.507. The van der Waals surface area contributed by atoms with E-state index in [2.05, 4.69) is 34.3 Å². The maximum atomic E-state index is 4.39. The molecule has 0 aromatic carbocycles. The van der Waals surface area contributed by atoms with Crippen LogP contribution in [0.4, 0.5) is 5.95 Å². The lowest BCUT2D eigenvalue weighted by molar-refractivity contribution is 0.586. The van der Waals surface area contributed by atoms with Gasteiger partial charge in [0.2, 0.25) is 5.95 Å². The van der Waals surface area contributed by atoms with Crippen molar-refractivity contribution in [2.24, 2.45) is 0 Å². The minimum atomic E-state index is 0.507. The Morgan fingerprint density at radius 3 is 2.44 bits per heavy atom. The highest BCUT2D eigenvalue weighted by Crippen LogP contribution is 2.05. The van der Waals surface area contributed by atoms with E-state index >= 15 is 0 Å². The number of likely N-dealkylation sites (N-methyl/N-ethyl adjacent to an activating group) is 1. The molecule has 1 N–H and O–H groups in total. The zero-order valence-electron chi connectivity index (χ0n) is 10.8. The van der Waals surface area contributed by atoms with Gasteiger partial charge in [-0.15, -0.1) is 5.10 Å². The molecule has 1 heterocycles. The molecule has 0 saturated heterocycles. The molecule has 90 valence electrons. The molecule has 0 amide bonds.